The number of likely N-dealkylation sites (N-methyl/N-ethyl adjacent to an activating group) is 1. The lowest BCUT2D eigenvalue weighted by atomic mass is 9.98. The number of aromatic nitrogens is 3. The molecule has 4 aromatic carbocycles. The number of hydrogen-bond donors (Lipinski definition) is 1. The van der Waals surface area contributed by atoms with Gasteiger partial charge in [-0.25, -0.2) is 4.79 Å². The number of halogens is 1. The Kier molecular flexibility index (Phi) is 13.7. The number of nitrogens with zero attached hydrogens (tertiary/aromatic N) is 7. The molecule has 372 valence electrons. The van der Waals surface area contributed by atoms with Gasteiger partial charge < -0.3 is 28.8 Å². The Bertz CT molecular complexity index is 3090. The number of piperidine rings is 1. The first kappa shape index (κ1) is 49.2. The van der Waals surface area contributed by atoms with Gasteiger partial charge in [0.15, 0.2) is 12.8 Å². The number of imide groups is 1. The molecule has 2 atom stereocenters. The number of hydrogen-bond acceptors (Lipinski definition) is 11. The Hall–Kier alpha value is -6.75. The molecule has 3 aliphatic rings. The Morgan fingerprint density at radius 1 is 0.831 bits per heavy atom. The number of rotatable bonds is 14. The van der Waals surface area contributed by atoms with Gasteiger partial charge in [0.25, 0.3) is 17.7 Å². The molecule has 1 N–H and O–H groups in total. The van der Waals surface area contributed by atoms with Crippen LogP contribution in [0.1, 0.15) is 89.6 Å². The fraction of sp³-hybridized carbons (Fsp3) is 0.407. The summed E-state index contributed by atoms with van der Waals surface area (Å²) in [7, 11) is 3.27. The van der Waals surface area contributed by atoms with Gasteiger partial charge in [0.1, 0.15) is 28.8 Å². The molecule has 6 aromatic rings. The molecule has 2 fully saturated rings. The average Bonchev–Trinajstić information content (AvgIpc) is 3.90. The van der Waals surface area contributed by atoms with E-state index in [-0.39, 0.29) is 48.1 Å². The molecule has 0 radical (unpaired) electrons. The lowest BCUT2D eigenvalue weighted by Crippen LogP contribution is -2.54. The first-order valence-electron chi connectivity index (χ1n) is 24.2. The second-order valence-corrected chi connectivity index (χ2v) is 20.0. The summed E-state index contributed by atoms with van der Waals surface area (Å²) in [6, 6.07) is 21.8. The number of carbonyl (C=O) groups excluding carboxylic acids is 5. The molecular formula is C54H60ClN7O9. The highest BCUT2D eigenvalue weighted by atomic mass is 35.5. The van der Waals surface area contributed by atoms with Gasteiger partial charge in [0, 0.05) is 92.9 Å². The van der Waals surface area contributed by atoms with Crippen molar-refractivity contribution in [3.8, 4) is 22.6 Å². The van der Waals surface area contributed by atoms with Crippen molar-refractivity contribution in [2.24, 2.45) is 7.05 Å². The highest BCUT2D eigenvalue weighted by molar-refractivity contribution is 6.35. The van der Waals surface area contributed by atoms with Crippen molar-refractivity contribution in [3.05, 3.63) is 112 Å². The highest BCUT2D eigenvalue weighted by Gasteiger charge is 2.47. The van der Waals surface area contributed by atoms with E-state index >= 15 is 0 Å². The molecule has 5 heterocycles. The van der Waals surface area contributed by atoms with Gasteiger partial charge in [-0.05, 0) is 83.0 Å². The number of piperazine rings is 1. The van der Waals surface area contributed by atoms with E-state index in [9.17, 15) is 29.1 Å². The van der Waals surface area contributed by atoms with Crippen LogP contribution in [0.15, 0.2) is 72.8 Å². The number of likely N-dealkylation sites (tertiary alicyclic amines) is 1. The van der Waals surface area contributed by atoms with Crippen LogP contribution in [0.25, 0.3) is 32.8 Å². The Morgan fingerprint density at radius 3 is 2.28 bits per heavy atom. The summed E-state index contributed by atoms with van der Waals surface area (Å²) in [5, 5.41) is 19.5. The molecule has 2 aromatic heterocycles. The Balaban J connectivity index is 0.935. The van der Waals surface area contributed by atoms with E-state index in [1.807, 2.05) is 82.7 Å². The summed E-state index contributed by atoms with van der Waals surface area (Å²) in [4.78, 5) is 73.3. The first-order valence-corrected chi connectivity index (χ1v) is 24.6. The third-order valence-corrected chi connectivity index (χ3v) is 14.2. The van der Waals surface area contributed by atoms with Crippen molar-refractivity contribution in [1.29, 1.82) is 0 Å². The van der Waals surface area contributed by atoms with Crippen LogP contribution >= 0.6 is 11.6 Å². The lowest BCUT2D eigenvalue weighted by Gasteiger charge is -2.35. The fourth-order valence-electron chi connectivity index (χ4n) is 10.3. The van der Waals surface area contributed by atoms with Crippen LogP contribution in [0, 0.1) is 13.8 Å². The third kappa shape index (κ3) is 9.48. The number of ether oxygens (including phenoxy) is 3. The summed E-state index contributed by atoms with van der Waals surface area (Å²) in [6.07, 6.45) is -0.112. The summed E-state index contributed by atoms with van der Waals surface area (Å²) in [6.45, 7) is 12.5. The number of benzene rings is 4. The molecule has 2 saturated heterocycles. The normalized spacial score (nSPS) is 17.7. The van der Waals surface area contributed by atoms with E-state index in [4.69, 9.17) is 30.9 Å². The van der Waals surface area contributed by atoms with Gasteiger partial charge in [-0.3, -0.25) is 38.6 Å². The topological polar surface area (TPSA) is 169 Å². The minimum atomic E-state index is -1.41. The van der Waals surface area contributed by atoms with Crippen molar-refractivity contribution >= 4 is 62.9 Å². The van der Waals surface area contributed by atoms with Crippen LogP contribution in [0.3, 0.4) is 0 Å². The van der Waals surface area contributed by atoms with Crippen molar-refractivity contribution in [2.75, 3.05) is 53.0 Å². The zero-order valence-corrected chi connectivity index (χ0v) is 42.0. The zero-order chi connectivity index (χ0) is 50.5. The van der Waals surface area contributed by atoms with Gasteiger partial charge in [0.05, 0.1) is 28.4 Å². The molecule has 2 unspecified atom stereocenters. The molecule has 0 saturated carbocycles. The SMILES string of the molecule is Cc1nn(C)c(C)c1-c1c(Cl)ccc2c(CCCOc3cccc4ccccc34)c(C(=O)OC(C)(C)C)n(CCN3CCN(C(=O)COc4cccc5c4C(=O)N(C4CCC(=O)N(C)C4=O)C5O)CC3)c12. The van der Waals surface area contributed by atoms with E-state index in [2.05, 4.69) is 27.7 Å². The molecular weight excluding hydrogens is 926 g/mol. The predicted octanol–water partition coefficient (Wildman–Crippen LogP) is 7.25. The van der Waals surface area contributed by atoms with Crippen LogP contribution in [-0.4, -0.2) is 133 Å². The van der Waals surface area contributed by atoms with E-state index in [0.29, 0.717) is 69.4 Å². The molecule has 0 spiro atoms. The highest BCUT2D eigenvalue weighted by Crippen LogP contribution is 2.43. The van der Waals surface area contributed by atoms with Gasteiger partial charge in [0.2, 0.25) is 5.91 Å². The van der Waals surface area contributed by atoms with Gasteiger partial charge in [-0.1, -0.05) is 66.2 Å². The van der Waals surface area contributed by atoms with Gasteiger partial charge in [-0.2, -0.15) is 5.10 Å². The monoisotopic (exact) mass is 985 g/mol. The van der Waals surface area contributed by atoms with Crippen molar-refractivity contribution in [1.82, 2.24) is 33.9 Å². The number of aliphatic hydroxyl groups excluding tert-OH is 1. The fourth-order valence-corrected chi connectivity index (χ4v) is 10.6. The second-order valence-electron chi connectivity index (χ2n) is 19.6. The summed E-state index contributed by atoms with van der Waals surface area (Å²) in [5.41, 5.74) is 5.16. The molecule has 9 rings (SSSR count). The maximum Gasteiger partial charge on any atom is 0.355 e. The zero-order valence-electron chi connectivity index (χ0n) is 41.3. The third-order valence-electron chi connectivity index (χ3n) is 13.9. The van der Waals surface area contributed by atoms with Crippen LogP contribution in [0.5, 0.6) is 11.5 Å². The molecule has 4 amide bonds. The Labute approximate surface area is 417 Å². The van der Waals surface area contributed by atoms with E-state index in [1.165, 1.54) is 7.05 Å². The maximum absolute atomic E-state index is 14.6. The Morgan fingerprint density at radius 2 is 1.55 bits per heavy atom. The van der Waals surface area contributed by atoms with Crippen molar-refractivity contribution in [2.45, 2.75) is 84.7 Å². The lowest BCUT2D eigenvalue weighted by molar-refractivity contribution is -0.153. The van der Waals surface area contributed by atoms with Crippen molar-refractivity contribution < 1.29 is 43.3 Å². The number of aryl methyl sites for hydroxylation is 3. The number of aliphatic hydroxyl groups is 1. The standard InChI is InChI=1S/C54H60ClN7O9/c1-32-45(33(2)58(7)56-32)47-39(55)21-20-37-36(17-12-30-69-41-18-10-14-34-13-8-9-15-35(34)41)49(53(68)71-54(3,4)5)61(48(37)47)29-26-59-24-27-60(28-25-59)44(64)31-70-42-19-11-16-38-46(42)52(67)62(50(38)65)40-22-23-43(63)57(6)51(40)66/h8-11,13-16,18-21,40,50,65H,12,17,22-31H2,1-7H3. The molecule has 3 aliphatic heterocycles. The van der Waals surface area contributed by atoms with Gasteiger partial charge >= 0.3 is 5.97 Å². The molecule has 0 aliphatic carbocycles. The molecule has 16 nitrogen and oxygen atoms in total. The minimum Gasteiger partial charge on any atom is -0.493 e. The summed E-state index contributed by atoms with van der Waals surface area (Å²) < 4.78 is 22.5. The number of amides is 4. The largest absolute Gasteiger partial charge is 0.493 e. The molecule has 0 bridgehead atoms. The average molecular weight is 987 g/mol. The quantitative estimate of drug-likeness (QED) is 0.0663. The van der Waals surface area contributed by atoms with Gasteiger partial charge in [-0.15, -0.1) is 0 Å². The maximum atomic E-state index is 14.6. The number of fused-ring (bicyclic) bond motifs is 3. The van der Waals surface area contributed by atoms with Crippen LogP contribution in [-0.2, 0) is 39.1 Å². The van der Waals surface area contributed by atoms with Crippen molar-refractivity contribution in [3.63, 3.8) is 0 Å². The number of esters is 1. The minimum absolute atomic E-state index is 0.0635. The predicted molar refractivity (Wildman–Crippen MR) is 268 cm³/mol. The van der Waals surface area contributed by atoms with E-state index < -0.39 is 35.7 Å². The van der Waals surface area contributed by atoms with E-state index in [1.54, 1.807) is 23.1 Å². The second kappa shape index (κ2) is 19.8. The summed E-state index contributed by atoms with van der Waals surface area (Å²) >= 11 is 7.21. The van der Waals surface area contributed by atoms with Crippen LogP contribution in [0.2, 0.25) is 5.02 Å². The summed E-state index contributed by atoms with van der Waals surface area (Å²) in [5.74, 6) is -1.29. The molecule has 71 heavy (non-hydrogen) atoms. The first-order chi connectivity index (χ1) is 33.9. The van der Waals surface area contributed by atoms with Crippen LogP contribution < -0.4 is 9.47 Å². The van der Waals surface area contributed by atoms with Crippen LogP contribution in [0.4, 0.5) is 0 Å². The number of carbonyl (C=O) groups is 5. The molecule has 17 heteroatoms. The van der Waals surface area contributed by atoms with E-state index in [0.717, 1.165) is 65.3 Å². The smallest absolute Gasteiger partial charge is 0.355 e.